The minimum atomic E-state index is 0.648. The van der Waals surface area contributed by atoms with E-state index in [1.54, 1.807) is 11.3 Å². The largest absolute Gasteiger partial charge is 0.308 e. The van der Waals surface area contributed by atoms with Crippen LogP contribution in [0.4, 0.5) is 0 Å². The van der Waals surface area contributed by atoms with Gasteiger partial charge in [0.2, 0.25) is 0 Å². The molecule has 1 aliphatic rings. The molecule has 0 spiro atoms. The van der Waals surface area contributed by atoms with Crippen molar-refractivity contribution in [2.24, 2.45) is 0 Å². The molecule has 0 aliphatic carbocycles. The van der Waals surface area contributed by atoms with Crippen molar-refractivity contribution in [3.63, 3.8) is 0 Å². The number of hydrogen-bond acceptors (Lipinski definition) is 3. The van der Waals surface area contributed by atoms with Crippen LogP contribution in [0.25, 0.3) is 0 Å². The molecule has 0 radical (unpaired) electrons. The maximum Gasteiger partial charge on any atom is 0.0516 e. The standard InChI is InChI=1S/C12H19ClN2S/c1-2-15-5-3-4-11(8-15)14-7-12-6-10(13)9-16-12/h6,9,11,14H,2-5,7-8H2,1H3. The van der Waals surface area contributed by atoms with E-state index >= 15 is 0 Å². The fourth-order valence-electron chi connectivity index (χ4n) is 2.20. The summed E-state index contributed by atoms with van der Waals surface area (Å²) in [7, 11) is 0. The number of nitrogens with one attached hydrogen (secondary N) is 1. The summed E-state index contributed by atoms with van der Waals surface area (Å²) in [6.07, 6.45) is 2.62. The molecule has 2 rings (SSSR count). The number of piperidine rings is 1. The second kappa shape index (κ2) is 6.01. The van der Waals surface area contributed by atoms with Crippen LogP contribution in [0.3, 0.4) is 0 Å². The van der Waals surface area contributed by atoms with Crippen molar-refractivity contribution in [2.45, 2.75) is 32.4 Å². The molecule has 1 unspecified atom stereocenters. The Bertz CT molecular complexity index is 327. The molecule has 0 aromatic carbocycles. The zero-order chi connectivity index (χ0) is 11.4. The molecule has 1 aromatic rings. The first-order chi connectivity index (χ1) is 7.78. The van der Waals surface area contributed by atoms with E-state index in [2.05, 4.69) is 23.2 Å². The topological polar surface area (TPSA) is 15.3 Å². The van der Waals surface area contributed by atoms with E-state index in [9.17, 15) is 0 Å². The van der Waals surface area contributed by atoms with E-state index in [0.717, 1.165) is 11.6 Å². The number of likely N-dealkylation sites (tertiary alicyclic amines) is 1. The lowest BCUT2D eigenvalue weighted by Crippen LogP contribution is -2.45. The summed E-state index contributed by atoms with van der Waals surface area (Å²) in [5, 5.41) is 6.49. The van der Waals surface area contributed by atoms with Crippen LogP contribution in [0.5, 0.6) is 0 Å². The van der Waals surface area contributed by atoms with Gasteiger partial charge in [-0.2, -0.15) is 0 Å². The Labute approximate surface area is 107 Å². The molecule has 0 bridgehead atoms. The molecule has 2 nitrogen and oxygen atoms in total. The van der Waals surface area contributed by atoms with Crippen LogP contribution in [-0.4, -0.2) is 30.6 Å². The Morgan fingerprint density at radius 3 is 3.19 bits per heavy atom. The van der Waals surface area contributed by atoms with Crippen molar-refractivity contribution >= 4 is 22.9 Å². The SMILES string of the molecule is CCN1CCCC(NCc2cc(Cl)cs2)C1. The molecule has 16 heavy (non-hydrogen) atoms. The van der Waals surface area contributed by atoms with Crippen LogP contribution in [-0.2, 0) is 6.54 Å². The Hall–Kier alpha value is -0.0900. The summed E-state index contributed by atoms with van der Waals surface area (Å²) < 4.78 is 0. The van der Waals surface area contributed by atoms with Crippen molar-refractivity contribution in [2.75, 3.05) is 19.6 Å². The van der Waals surface area contributed by atoms with Gasteiger partial charge in [0.15, 0.2) is 0 Å². The minimum Gasteiger partial charge on any atom is -0.308 e. The molecule has 2 heterocycles. The molecule has 0 amide bonds. The van der Waals surface area contributed by atoms with E-state index < -0.39 is 0 Å². The summed E-state index contributed by atoms with van der Waals surface area (Å²) in [6.45, 7) is 6.82. The summed E-state index contributed by atoms with van der Waals surface area (Å²) in [5.41, 5.74) is 0. The predicted octanol–water partition coefficient (Wildman–Crippen LogP) is 2.98. The number of halogens is 1. The fourth-order valence-corrected chi connectivity index (χ4v) is 3.22. The van der Waals surface area contributed by atoms with Crippen molar-refractivity contribution < 1.29 is 0 Å². The van der Waals surface area contributed by atoms with Crippen LogP contribution in [0.1, 0.15) is 24.6 Å². The van der Waals surface area contributed by atoms with Gasteiger partial charge in [0.1, 0.15) is 0 Å². The van der Waals surface area contributed by atoms with Crippen LogP contribution in [0.15, 0.2) is 11.4 Å². The van der Waals surface area contributed by atoms with Gasteiger partial charge < -0.3 is 10.2 Å². The van der Waals surface area contributed by atoms with Crippen LogP contribution >= 0.6 is 22.9 Å². The number of likely N-dealkylation sites (N-methyl/N-ethyl adjacent to an activating group) is 1. The normalized spacial score (nSPS) is 22.5. The lowest BCUT2D eigenvalue weighted by Gasteiger charge is -2.32. The second-order valence-corrected chi connectivity index (χ2v) is 5.78. The second-order valence-electron chi connectivity index (χ2n) is 4.34. The third-order valence-corrected chi connectivity index (χ3v) is 4.42. The lowest BCUT2D eigenvalue weighted by atomic mass is 10.1. The molecule has 1 atom stereocenters. The highest BCUT2D eigenvalue weighted by Crippen LogP contribution is 2.19. The highest BCUT2D eigenvalue weighted by molar-refractivity contribution is 7.10. The van der Waals surface area contributed by atoms with E-state index in [1.165, 1.54) is 37.4 Å². The molecule has 1 fully saturated rings. The molecular weight excluding hydrogens is 240 g/mol. The maximum absolute atomic E-state index is 5.90. The monoisotopic (exact) mass is 258 g/mol. The summed E-state index contributed by atoms with van der Waals surface area (Å²) >= 11 is 7.64. The molecule has 1 N–H and O–H groups in total. The van der Waals surface area contributed by atoms with E-state index in [1.807, 2.05) is 5.38 Å². The maximum atomic E-state index is 5.90. The van der Waals surface area contributed by atoms with Crippen molar-refractivity contribution in [3.05, 3.63) is 21.3 Å². The fraction of sp³-hybridized carbons (Fsp3) is 0.667. The molecule has 4 heteroatoms. The quantitative estimate of drug-likeness (QED) is 0.893. The summed E-state index contributed by atoms with van der Waals surface area (Å²) in [6, 6.07) is 2.70. The van der Waals surface area contributed by atoms with Gasteiger partial charge in [-0.1, -0.05) is 18.5 Å². The molecule has 1 saturated heterocycles. The molecule has 0 saturated carbocycles. The average Bonchev–Trinajstić information content (AvgIpc) is 2.73. The Morgan fingerprint density at radius 1 is 1.62 bits per heavy atom. The minimum absolute atomic E-state index is 0.648. The first-order valence-corrected chi connectivity index (χ1v) is 7.22. The third-order valence-electron chi connectivity index (χ3n) is 3.14. The molecular formula is C12H19ClN2S. The Morgan fingerprint density at radius 2 is 2.50 bits per heavy atom. The smallest absolute Gasteiger partial charge is 0.0516 e. The van der Waals surface area contributed by atoms with Crippen LogP contribution in [0, 0.1) is 0 Å². The zero-order valence-corrected chi connectivity index (χ0v) is 11.3. The Kier molecular flexibility index (Phi) is 4.65. The van der Waals surface area contributed by atoms with Gasteiger partial charge in [-0.15, -0.1) is 11.3 Å². The van der Waals surface area contributed by atoms with Crippen molar-refractivity contribution in [3.8, 4) is 0 Å². The number of rotatable bonds is 4. The van der Waals surface area contributed by atoms with Gasteiger partial charge in [-0.25, -0.2) is 0 Å². The van der Waals surface area contributed by atoms with Crippen molar-refractivity contribution in [1.82, 2.24) is 10.2 Å². The number of thiophene rings is 1. The lowest BCUT2D eigenvalue weighted by molar-refractivity contribution is 0.198. The van der Waals surface area contributed by atoms with Gasteiger partial charge in [-0.3, -0.25) is 0 Å². The summed E-state index contributed by atoms with van der Waals surface area (Å²) in [5.74, 6) is 0. The van der Waals surface area contributed by atoms with Gasteiger partial charge in [0.05, 0.1) is 5.02 Å². The van der Waals surface area contributed by atoms with Gasteiger partial charge in [0.25, 0.3) is 0 Å². The average molecular weight is 259 g/mol. The molecule has 90 valence electrons. The predicted molar refractivity (Wildman–Crippen MR) is 71.3 cm³/mol. The number of hydrogen-bond donors (Lipinski definition) is 1. The van der Waals surface area contributed by atoms with E-state index in [4.69, 9.17) is 11.6 Å². The van der Waals surface area contributed by atoms with Crippen LogP contribution in [0.2, 0.25) is 5.02 Å². The van der Waals surface area contributed by atoms with E-state index in [0.29, 0.717) is 6.04 Å². The molecule has 1 aromatic heterocycles. The van der Waals surface area contributed by atoms with E-state index in [-0.39, 0.29) is 0 Å². The molecule has 1 aliphatic heterocycles. The third kappa shape index (κ3) is 3.45. The number of nitrogens with zero attached hydrogens (tertiary/aromatic N) is 1. The first-order valence-electron chi connectivity index (χ1n) is 5.96. The summed E-state index contributed by atoms with van der Waals surface area (Å²) in [4.78, 5) is 3.85. The van der Waals surface area contributed by atoms with Gasteiger partial charge in [-0.05, 0) is 32.0 Å². The van der Waals surface area contributed by atoms with Crippen LogP contribution < -0.4 is 5.32 Å². The Balaban J connectivity index is 1.77. The zero-order valence-electron chi connectivity index (χ0n) is 9.71. The van der Waals surface area contributed by atoms with Crippen molar-refractivity contribution in [1.29, 1.82) is 0 Å². The van der Waals surface area contributed by atoms with Gasteiger partial charge >= 0.3 is 0 Å². The highest BCUT2D eigenvalue weighted by Gasteiger charge is 2.17. The highest BCUT2D eigenvalue weighted by atomic mass is 35.5. The van der Waals surface area contributed by atoms with Gasteiger partial charge in [0, 0.05) is 29.4 Å². The first kappa shape index (κ1) is 12.4.